The van der Waals surface area contributed by atoms with Gasteiger partial charge in [-0.3, -0.25) is 14.4 Å². The zero-order valence-corrected chi connectivity index (χ0v) is 20.9. The maximum atomic E-state index is 14.2. The van der Waals surface area contributed by atoms with E-state index in [0.29, 0.717) is 30.7 Å². The van der Waals surface area contributed by atoms with Gasteiger partial charge >= 0.3 is 5.97 Å². The number of hydrogen-bond donors (Lipinski definition) is 1. The Hall–Kier alpha value is -3.17. The molecule has 1 aromatic carbocycles. The lowest BCUT2D eigenvalue weighted by Crippen LogP contribution is -2.56. The Bertz CT molecular complexity index is 1040. The highest BCUT2D eigenvalue weighted by Crippen LogP contribution is 2.64. The van der Waals surface area contributed by atoms with Crippen molar-refractivity contribution in [1.29, 1.82) is 0 Å². The molecule has 3 aliphatic heterocycles. The number of ether oxygens (including phenoxy) is 3. The number of carbonyl (C=O) groups is 3. The predicted octanol–water partition coefficient (Wildman–Crippen LogP) is 2.09. The molecule has 1 N–H and O–H groups in total. The van der Waals surface area contributed by atoms with Crippen molar-refractivity contribution in [3.8, 4) is 5.75 Å². The molecule has 194 valence electrons. The van der Waals surface area contributed by atoms with E-state index in [2.05, 4.69) is 13.2 Å². The summed E-state index contributed by atoms with van der Waals surface area (Å²) >= 11 is 0. The van der Waals surface area contributed by atoms with Gasteiger partial charge in [-0.25, -0.2) is 0 Å². The second-order valence-corrected chi connectivity index (χ2v) is 9.44. The van der Waals surface area contributed by atoms with Gasteiger partial charge in [0.2, 0.25) is 5.91 Å². The molecular weight excluding hydrogens is 464 g/mol. The molecule has 1 aromatic rings. The summed E-state index contributed by atoms with van der Waals surface area (Å²) in [6, 6.07) is 6.02. The maximum Gasteiger partial charge on any atom is 0.313 e. The number of β-amino-alcohol motifs (C(OH)–C–C–N with tert-alkyl or cyclic N) is 1. The molecular formula is C27H34N2O7. The Morgan fingerprint density at radius 1 is 1.25 bits per heavy atom. The third-order valence-corrected chi connectivity index (χ3v) is 7.81. The minimum absolute atomic E-state index is 0.0241. The summed E-state index contributed by atoms with van der Waals surface area (Å²) in [5, 5.41) is 9.79. The summed E-state index contributed by atoms with van der Waals surface area (Å²) in [4.78, 5) is 44.2. The van der Waals surface area contributed by atoms with Gasteiger partial charge in [0.15, 0.2) is 0 Å². The first-order valence-corrected chi connectivity index (χ1v) is 12.3. The van der Waals surface area contributed by atoms with E-state index in [1.54, 1.807) is 42.4 Å². The summed E-state index contributed by atoms with van der Waals surface area (Å²) in [5.74, 6) is -2.30. The highest BCUT2D eigenvalue weighted by atomic mass is 16.6. The lowest BCUT2D eigenvalue weighted by atomic mass is 9.65. The van der Waals surface area contributed by atoms with Crippen LogP contribution in [0.25, 0.3) is 0 Å². The van der Waals surface area contributed by atoms with Gasteiger partial charge < -0.3 is 29.1 Å². The largest absolute Gasteiger partial charge is 0.497 e. The van der Waals surface area contributed by atoms with E-state index in [4.69, 9.17) is 14.2 Å². The van der Waals surface area contributed by atoms with Gasteiger partial charge in [-0.15, -0.1) is 6.58 Å². The van der Waals surface area contributed by atoms with Crippen LogP contribution >= 0.6 is 0 Å². The van der Waals surface area contributed by atoms with Gasteiger partial charge in [-0.1, -0.05) is 25.7 Å². The van der Waals surface area contributed by atoms with Crippen LogP contribution in [0.4, 0.5) is 5.69 Å². The van der Waals surface area contributed by atoms with Crippen LogP contribution in [0.5, 0.6) is 5.75 Å². The second kappa shape index (κ2) is 10.1. The number of carbonyl (C=O) groups excluding carboxylic acids is 3. The van der Waals surface area contributed by atoms with Crippen LogP contribution in [0, 0.1) is 11.8 Å². The van der Waals surface area contributed by atoms with Crippen molar-refractivity contribution in [1.82, 2.24) is 4.90 Å². The van der Waals surface area contributed by atoms with E-state index in [0.717, 1.165) is 0 Å². The highest BCUT2D eigenvalue weighted by molar-refractivity contribution is 6.04. The van der Waals surface area contributed by atoms with Crippen LogP contribution in [0.3, 0.4) is 0 Å². The molecule has 5 atom stereocenters. The molecule has 2 bridgehead atoms. The van der Waals surface area contributed by atoms with E-state index < -0.39 is 35.0 Å². The molecule has 3 fully saturated rings. The average molecular weight is 499 g/mol. The molecule has 0 saturated carbocycles. The van der Waals surface area contributed by atoms with Crippen molar-refractivity contribution in [3.05, 3.63) is 49.6 Å². The monoisotopic (exact) mass is 498 g/mol. The number of hydrogen-bond acceptors (Lipinski definition) is 7. The number of anilines is 1. The Morgan fingerprint density at radius 2 is 1.97 bits per heavy atom. The molecule has 2 amide bonds. The number of methoxy groups -OCH3 is 1. The summed E-state index contributed by atoms with van der Waals surface area (Å²) in [6.07, 6.45) is 4.57. The normalized spacial score (nSPS) is 30.1. The number of aliphatic hydroxyl groups excluding tert-OH is 1. The van der Waals surface area contributed by atoms with Crippen molar-refractivity contribution in [3.63, 3.8) is 0 Å². The van der Waals surface area contributed by atoms with Gasteiger partial charge in [0.1, 0.15) is 29.9 Å². The van der Waals surface area contributed by atoms with Crippen molar-refractivity contribution in [2.75, 3.05) is 38.3 Å². The first-order chi connectivity index (χ1) is 17.3. The second-order valence-electron chi connectivity index (χ2n) is 9.44. The summed E-state index contributed by atoms with van der Waals surface area (Å²) < 4.78 is 17.3. The molecule has 0 radical (unpaired) electrons. The molecule has 36 heavy (non-hydrogen) atoms. The Labute approximate surface area is 211 Å². The molecule has 3 saturated heterocycles. The standard InChI is InChI=1S/C27H34N2O7/c1-5-14-28(18-8-10-19(34-4)11-9-18)24(32)22-27-13-12-26(7-3,36-27)21(25(33)35-17-6-2)20(27)23(31)29(22)15-16-30/h5-6,8-11,20-22,30H,1-2,7,12-17H2,3-4H3/t20-,21+,22?,26-,27?/m0/s1. The van der Waals surface area contributed by atoms with Crippen molar-refractivity contribution in [2.24, 2.45) is 11.8 Å². The quantitative estimate of drug-likeness (QED) is 0.368. The minimum Gasteiger partial charge on any atom is -0.497 e. The Kier molecular flexibility index (Phi) is 7.24. The lowest BCUT2D eigenvalue weighted by Gasteiger charge is -2.36. The Morgan fingerprint density at radius 3 is 2.56 bits per heavy atom. The van der Waals surface area contributed by atoms with Crippen molar-refractivity contribution < 1.29 is 33.7 Å². The molecule has 0 aliphatic carbocycles. The van der Waals surface area contributed by atoms with Crippen LogP contribution < -0.4 is 9.64 Å². The molecule has 0 aromatic heterocycles. The van der Waals surface area contributed by atoms with Crippen LogP contribution in [-0.2, 0) is 23.9 Å². The summed E-state index contributed by atoms with van der Waals surface area (Å²) in [6.45, 7) is 9.17. The van der Waals surface area contributed by atoms with Gasteiger partial charge in [-0.05, 0) is 43.5 Å². The Balaban J connectivity index is 1.78. The zero-order chi connectivity index (χ0) is 26.1. The smallest absolute Gasteiger partial charge is 0.313 e. The summed E-state index contributed by atoms with van der Waals surface area (Å²) in [5.41, 5.74) is -1.47. The average Bonchev–Trinajstić information content (AvgIpc) is 3.49. The predicted molar refractivity (Wildman–Crippen MR) is 132 cm³/mol. The van der Waals surface area contributed by atoms with Crippen molar-refractivity contribution in [2.45, 2.75) is 43.4 Å². The first kappa shape index (κ1) is 25.9. The highest BCUT2D eigenvalue weighted by Gasteiger charge is 2.79. The fourth-order valence-electron chi connectivity index (χ4n) is 6.30. The third kappa shape index (κ3) is 3.81. The molecule has 3 heterocycles. The first-order valence-electron chi connectivity index (χ1n) is 12.3. The lowest BCUT2D eigenvalue weighted by molar-refractivity contribution is -0.160. The van der Waals surface area contributed by atoms with Gasteiger partial charge in [0.25, 0.3) is 5.91 Å². The number of esters is 1. The molecule has 9 nitrogen and oxygen atoms in total. The number of nitrogens with zero attached hydrogens (tertiary/aromatic N) is 2. The van der Waals surface area contributed by atoms with Crippen LogP contribution in [0.15, 0.2) is 49.6 Å². The SMILES string of the molecule is C=CCOC(=O)[C@H]1[C@H]2C(=O)N(CCO)C(C(=O)N(CC=C)c3ccc(OC)cc3)C23CC[C@]1(CC)O3. The molecule has 9 heteroatoms. The molecule has 3 aliphatic rings. The number of aliphatic hydroxyl groups is 1. The van der Waals surface area contributed by atoms with Crippen LogP contribution in [0.1, 0.15) is 26.2 Å². The fraction of sp³-hybridized carbons (Fsp3) is 0.519. The van der Waals surface area contributed by atoms with Gasteiger partial charge in [-0.2, -0.15) is 0 Å². The van der Waals surface area contributed by atoms with E-state index in [9.17, 15) is 19.5 Å². The van der Waals surface area contributed by atoms with E-state index in [1.807, 2.05) is 6.92 Å². The summed E-state index contributed by atoms with van der Waals surface area (Å²) in [7, 11) is 1.56. The molecule has 2 unspecified atom stereocenters. The zero-order valence-electron chi connectivity index (χ0n) is 20.9. The number of fused-ring (bicyclic) bond motifs is 1. The molecule has 4 rings (SSSR count). The van der Waals surface area contributed by atoms with E-state index in [-0.39, 0.29) is 38.1 Å². The topological polar surface area (TPSA) is 106 Å². The number of benzene rings is 1. The fourth-order valence-corrected chi connectivity index (χ4v) is 6.30. The van der Waals surface area contributed by atoms with Crippen LogP contribution in [0.2, 0.25) is 0 Å². The van der Waals surface area contributed by atoms with E-state index in [1.165, 1.54) is 11.0 Å². The van der Waals surface area contributed by atoms with Crippen molar-refractivity contribution >= 4 is 23.5 Å². The number of rotatable bonds is 11. The van der Waals surface area contributed by atoms with Crippen LogP contribution in [-0.4, -0.2) is 78.4 Å². The third-order valence-electron chi connectivity index (χ3n) is 7.81. The van der Waals surface area contributed by atoms with Gasteiger partial charge in [0.05, 0.1) is 25.2 Å². The van der Waals surface area contributed by atoms with Gasteiger partial charge in [0, 0.05) is 18.8 Å². The molecule has 1 spiro atoms. The number of likely N-dealkylation sites (tertiary alicyclic amines) is 1. The maximum absolute atomic E-state index is 14.2. The minimum atomic E-state index is -1.19. The number of amides is 2. The van der Waals surface area contributed by atoms with E-state index >= 15 is 0 Å².